The maximum Gasteiger partial charge on any atom is 0.275 e. The van der Waals surface area contributed by atoms with Crippen LogP contribution in [0.25, 0.3) is 0 Å². The molecule has 100 valence electrons. The van der Waals surface area contributed by atoms with Gasteiger partial charge in [0.15, 0.2) is 0 Å². The van der Waals surface area contributed by atoms with Crippen LogP contribution in [0.2, 0.25) is 0 Å². The lowest BCUT2D eigenvalue weighted by molar-refractivity contribution is 0.102. The van der Waals surface area contributed by atoms with Crippen molar-refractivity contribution in [3.05, 3.63) is 41.9 Å². The molecule has 0 atom stereocenters. The van der Waals surface area contributed by atoms with Crippen molar-refractivity contribution in [1.29, 1.82) is 0 Å². The molecule has 0 saturated heterocycles. The van der Waals surface area contributed by atoms with Crippen molar-refractivity contribution in [1.82, 2.24) is 14.8 Å². The van der Waals surface area contributed by atoms with E-state index in [1.54, 1.807) is 24.4 Å². The van der Waals surface area contributed by atoms with Crippen molar-refractivity contribution in [2.45, 2.75) is 33.2 Å². The third kappa shape index (κ3) is 2.99. The second-order valence-corrected chi connectivity index (χ2v) is 5.42. The molecule has 2 aromatic heterocycles. The van der Waals surface area contributed by atoms with E-state index in [0.29, 0.717) is 11.5 Å². The summed E-state index contributed by atoms with van der Waals surface area (Å²) < 4.78 is 1.81. The third-order valence-corrected chi connectivity index (χ3v) is 2.61. The predicted octanol–water partition coefficient (Wildman–Crippen LogP) is 2.59. The Morgan fingerprint density at radius 3 is 2.63 bits per heavy atom. The first-order valence-corrected chi connectivity index (χ1v) is 6.17. The molecule has 1 amide bonds. The third-order valence-electron chi connectivity index (χ3n) is 2.61. The topological polar surface area (TPSA) is 59.8 Å². The first kappa shape index (κ1) is 13.3. The highest BCUT2D eigenvalue weighted by molar-refractivity contribution is 6.02. The van der Waals surface area contributed by atoms with Gasteiger partial charge in [-0.1, -0.05) is 6.07 Å². The molecule has 2 aromatic rings. The summed E-state index contributed by atoms with van der Waals surface area (Å²) in [5, 5.41) is 7.26. The molecule has 0 unspecified atom stereocenters. The highest BCUT2D eigenvalue weighted by Gasteiger charge is 2.20. The van der Waals surface area contributed by atoms with Gasteiger partial charge in [0.2, 0.25) is 0 Å². The minimum Gasteiger partial charge on any atom is -0.305 e. The van der Waals surface area contributed by atoms with Crippen LogP contribution in [0.3, 0.4) is 0 Å². The fourth-order valence-corrected chi connectivity index (χ4v) is 1.78. The SMILES string of the molecule is Cc1cc(NC(=O)c2ccccn2)n(C(C)(C)C)n1. The Balaban J connectivity index is 2.27. The molecule has 0 bridgehead atoms. The van der Waals surface area contributed by atoms with Gasteiger partial charge in [0, 0.05) is 12.3 Å². The van der Waals surface area contributed by atoms with Crippen molar-refractivity contribution in [3.8, 4) is 0 Å². The normalized spacial score (nSPS) is 11.4. The lowest BCUT2D eigenvalue weighted by atomic mass is 10.1. The Morgan fingerprint density at radius 2 is 2.05 bits per heavy atom. The molecule has 0 radical (unpaired) electrons. The fourth-order valence-electron chi connectivity index (χ4n) is 1.78. The maximum atomic E-state index is 12.1. The van der Waals surface area contributed by atoms with E-state index < -0.39 is 0 Å². The highest BCUT2D eigenvalue weighted by Crippen LogP contribution is 2.21. The Bertz CT molecular complexity index is 581. The van der Waals surface area contributed by atoms with Gasteiger partial charge in [0.1, 0.15) is 11.5 Å². The molecular weight excluding hydrogens is 240 g/mol. The number of pyridine rings is 1. The van der Waals surface area contributed by atoms with Crippen molar-refractivity contribution < 1.29 is 4.79 Å². The summed E-state index contributed by atoms with van der Waals surface area (Å²) in [7, 11) is 0. The van der Waals surface area contributed by atoms with Gasteiger partial charge in [-0.05, 0) is 39.8 Å². The fraction of sp³-hybridized carbons (Fsp3) is 0.357. The molecule has 0 fully saturated rings. The molecule has 0 aliphatic heterocycles. The van der Waals surface area contributed by atoms with E-state index in [0.717, 1.165) is 5.69 Å². The second kappa shape index (κ2) is 4.84. The van der Waals surface area contributed by atoms with Gasteiger partial charge in [-0.3, -0.25) is 9.78 Å². The van der Waals surface area contributed by atoms with E-state index in [4.69, 9.17) is 0 Å². The number of hydrogen-bond acceptors (Lipinski definition) is 3. The van der Waals surface area contributed by atoms with Crippen LogP contribution >= 0.6 is 0 Å². The van der Waals surface area contributed by atoms with Crippen LogP contribution in [0.15, 0.2) is 30.5 Å². The van der Waals surface area contributed by atoms with Crippen LogP contribution in [0.4, 0.5) is 5.82 Å². The van der Waals surface area contributed by atoms with E-state index in [2.05, 4.69) is 15.4 Å². The lowest BCUT2D eigenvalue weighted by Crippen LogP contribution is -2.27. The largest absolute Gasteiger partial charge is 0.305 e. The number of carbonyl (C=O) groups is 1. The first-order valence-electron chi connectivity index (χ1n) is 6.17. The summed E-state index contributed by atoms with van der Waals surface area (Å²) in [6, 6.07) is 7.10. The number of aryl methyl sites for hydroxylation is 1. The molecule has 2 heterocycles. The van der Waals surface area contributed by atoms with Crippen molar-refractivity contribution >= 4 is 11.7 Å². The van der Waals surface area contributed by atoms with Crippen LogP contribution < -0.4 is 5.32 Å². The van der Waals surface area contributed by atoms with E-state index in [1.807, 2.05) is 38.4 Å². The number of nitrogens with one attached hydrogen (secondary N) is 1. The van der Waals surface area contributed by atoms with Gasteiger partial charge in [-0.25, -0.2) is 4.68 Å². The van der Waals surface area contributed by atoms with Crippen LogP contribution in [0.1, 0.15) is 37.0 Å². The van der Waals surface area contributed by atoms with Crippen molar-refractivity contribution in [3.63, 3.8) is 0 Å². The van der Waals surface area contributed by atoms with Gasteiger partial charge in [0.05, 0.1) is 11.2 Å². The van der Waals surface area contributed by atoms with Gasteiger partial charge >= 0.3 is 0 Å². The van der Waals surface area contributed by atoms with E-state index in [9.17, 15) is 4.79 Å². The Kier molecular flexibility index (Phi) is 3.38. The zero-order chi connectivity index (χ0) is 14.0. The zero-order valence-electron chi connectivity index (χ0n) is 11.6. The number of amides is 1. The van der Waals surface area contributed by atoms with Crippen molar-refractivity contribution in [2.24, 2.45) is 0 Å². The molecule has 19 heavy (non-hydrogen) atoms. The molecule has 0 aromatic carbocycles. The average Bonchev–Trinajstić information content (AvgIpc) is 2.71. The minimum absolute atomic E-state index is 0.193. The molecule has 5 nitrogen and oxygen atoms in total. The number of aromatic nitrogens is 3. The maximum absolute atomic E-state index is 12.1. The standard InChI is InChI=1S/C14H18N4O/c1-10-9-12(18(17-10)14(2,3)4)16-13(19)11-7-5-6-8-15-11/h5-9H,1-4H3,(H,16,19). The monoisotopic (exact) mass is 258 g/mol. The minimum atomic E-state index is -0.231. The molecule has 0 saturated carbocycles. The number of hydrogen-bond donors (Lipinski definition) is 1. The zero-order valence-corrected chi connectivity index (χ0v) is 11.6. The summed E-state index contributed by atoms with van der Waals surface area (Å²) in [4.78, 5) is 16.1. The molecule has 0 spiro atoms. The van der Waals surface area contributed by atoms with Crippen LogP contribution in [-0.2, 0) is 5.54 Å². The summed E-state index contributed by atoms with van der Waals surface area (Å²) in [5.74, 6) is 0.451. The smallest absolute Gasteiger partial charge is 0.275 e. The number of anilines is 1. The van der Waals surface area contributed by atoms with Gasteiger partial charge in [-0.15, -0.1) is 0 Å². The van der Waals surface area contributed by atoms with Crippen LogP contribution in [-0.4, -0.2) is 20.7 Å². The second-order valence-electron chi connectivity index (χ2n) is 5.42. The van der Waals surface area contributed by atoms with Gasteiger partial charge in [0.25, 0.3) is 5.91 Å². The van der Waals surface area contributed by atoms with E-state index in [1.165, 1.54) is 0 Å². The molecular formula is C14H18N4O. The first-order chi connectivity index (χ1) is 8.88. The summed E-state index contributed by atoms with van der Waals surface area (Å²) >= 11 is 0. The number of rotatable bonds is 2. The molecule has 0 aliphatic carbocycles. The summed E-state index contributed by atoms with van der Waals surface area (Å²) in [6.45, 7) is 8.01. The van der Waals surface area contributed by atoms with E-state index in [-0.39, 0.29) is 11.4 Å². The molecule has 1 N–H and O–H groups in total. The molecule has 0 aliphatic rings. The summed E-state index contributed by atoms with van der Waals surface area (Å²) in [6.07, 6.45) is 1.60. The van der Waals surface area contributed by atoms with E-state index >= 15 is 0 Å². The highest BCUT2D eigenvalue weighted by atomic mass is 16.2. The Hall–Kier alpha value is -2.17. The van der Waals surface area contributed by atoms with Crippen LogP contribution in [0.5, 0.6) is 0 Å². The predicted molar refractivity (Wildman–Crippen MR) is 74.2 cm³/mol. The Morgan fingerprint density at radius 1 is 1.32 bits per heavy atom. The molecule has 2 rings (SSSR count). The summed E-state index contributed by atoms with van der Waals surface area (Å²) in [5.41, 5.74) is 1.06. The number of carbonyl (C=O) groups excluding carboxylic acids is 1. The molecule has 5 heteroatoms. The van der Waals surface area contributed by atoms with Crippen molar-refractivity contribution in [2.75, 3.05) is 5.32 Å². The Labute approximate surface area is 112 Å². The van der Waals surface area contributed by atoms with Crippen LogP contribution in [0, 0.1) is 6.92 Å². The van der Waals surface area contributed by atoms with Gasteiger partial charge < -0.3 is 5.32 Å². The lowest BCUT2D eigenvalue weighted by Gasteiger charge is -2.22. The quantitative estimate of drug-likeness (QED) is 0.900. The number of nitrogens with zero attached hydrogens (tertiary/aromatic N) is 3. The average molecular weight is 258 g/mol. The van der Waals surface area contributed by atoms with Gasteiger partial charge in [-0.2, -0.15) is 5.10 Å².